The van der Waals surface area contributed by atoms with Crippen LogP contribution in [0.5, 0.6) is 5.75 Å². The van der Waals surface area contributed by atoms with Crippen LogP contribution in [0.1, 0.15) is 41.4 Å². The summed E-state index contributed by atoms with van der Waals surface area (Å²) in [7, 11) is 0. The Balaban J connectivity index is 1.92. The van der Waals surface area contributed by atoms with Crippen molar-refractivity contribution < 1.29 is 13.9 Å². The Bertz CT molecular complexity index is 946. The summed E-state index contributed by atoms with van der Waals surface area (Å²) in [6.45, 7) is 6.43. The Kier molecular flexibility index (Phi) is 5.52. The van der Waals surface area contributed by atoms with E-state index in [4.69, 9.17) is 20.8 Å². The first-order valence-corrected chi connectivity index (χ1v) is 9.11. The first-order valence-electron chi connectivity index (χ1n) is 8.73. The molecule has 0 radical (unpaired) electrons. The molecule has 2 aromatic carbocycles. The van der Waals surface area contributed by atoms with Crippen LogP contribution in [0.3, 0.4) is 0 Å². The summed E-state index contributed by atoms with van der Waals surface area (Å²) in [5, 5.41) is 4.29. The Morgan fingerprint density at radius 2 is 2.04 bits per heavy atom. The number of carbonyl (C=O) groups excluding carboxylic acids is 1. The van der Waals surface area contributed by atoms with Gasteiger partial charge in [0.15, 0.2) is 0 Å². The van der Waals surface area contributed by atoms with Gasteiger partial charge in [0.2, 0.25) is 0 Å². The molecule has 1 heterocycles. The smallest absolute Gasteiger partial charge is 0.259 e. The molecule has 0 fully saturated rings. The molecule has 0 atom stereocenters. The molecule has 26 heavy (non-hydrogen) atoms. The molecule has 0 aliphatic rings. The molecular weight excluding hydrogens is 350 g/mol. The number of hydrogen-bond donors (Lipinski definition) is 1. The maximum Gasteiger partial charge on any atom is 0.259 e. The van der Waals surface area contributed by atoms with Crippen molar-refractivity contribution in [2.45, 2.75) is 33.6 Å². The number of unbranched alkanes of at least 4 members (excludes halogenated alkanes) is 1. The molecule has 0 aliphatic carbocycles. The van der Waals surface area contributed by atoms with Crippen LogP contribution < -0.4 is 10.1 Å². The predicted octanol–water partition coefficient (Wildman–Crippen LogP) is 6.13. The normalized spacial score (nSPS) is 10.9. The second kappa shape index (κ2) is 7.83. The van der Waals surface area contributed by atoms with Crippen molar-refractivity contribution in [3.05, 3.63) is 58.3 Å². The number of nitrogens with one attached hydrogen (secondary N) is 1. The number of fused-ring (bicyclic) bond motifs is 1. The average molecular weight is 372 g/mol. The van der Waals surface area contributed by atoms with Crippen molar-refractivity contribution in [1.82, 2.24) is 0 Å². The topological polar surface area (TPSA) is 51.5 Å². The number of aryl methyl sites for hydroxylation is 1. The molecule has 4 nitrogen and oxygen atoms in total. The number of furan rings is 1. The molecule has 0 saturated heterocycles. The number of ether oxygens (including phenoxy) is 1. The molecule has 0 aliphatic heterocycles. The minimum Gasteiger partial charge on any atom is -0.494 e. The van der Waals surface area contributed by atoms with E-state index in [1.54, 1.807) is 13.0 Å². The molecule has 3 rings (SSSR count). The van der Waals surface area contributed by atoms with Gasteiger partial charge < -0.3 is 14.5 Å². The van der Waals surface area contributed by atoms with Gasteiger partial charge in [-0.05, 0) is 56.2 Å². The standard InChI is InChI=1S/C21H22ClNO3/c1-4-5-11-25-15-9-10-19-16(12-15)20(14(3)26-19)21(24)23-18-8-6-7-17(22)13(18)2/h6-10,12H,4-5,11H2,1-3H3,(H,23,24). The van der Waals surface area contributed by atoms with Crippen LogP contribution in [0, 0.1) is 13.8 Å². The summed E-state index contributed by atoms with van der Waals surface area (Å²) in [6.07, 6.45) is 2.06. The zero-order valence-corrected chi connectivity index (χ0v) is 15.9. The van der Waals surface area contributed by atoms with Gasteiger partial charge in [-0.1, -0.05) is 31.0 Å². The average Bonchev–Trinajstić information content (AvgIpc) is 2.94. The maximum absolute atomic E-state index is 12.9. The summed E-state index contributed by atoms with van der Waals surface area (Å²) in [5.41, 5.74) is 2.70. The van der Waals surface area contributed by atoms with Crippen molar-refractivity contribution in [2.24, 2.45) is 0 Å². The van der Waals surface area contributed by atoms with Crippen LogP contribution in [0.25, 0.3) is 11.0 Å². The minimum absolute atomic E-state index is 0.225. The number of rotatable bonds is 6. The second-order valence-corrected chi connectivity index (χ2v) is 6.67. The van der Waals surface area contributed by atoms with Crippen molar-refractivity contribution in [3.8, 4) is 5.75 Å². The van der Waals surface area contributed by atoms with Gasteiger partial charge in [-0.3, -0.25) is 4.79 Å². The molecule has 5 heteroatoms. The van der Waals surface area contributed by atoms with E-state index >= 15 is 0 Å². The van der Waals surface area contributed by atoms with Gasteiger partial charge in [0.25, 0.3) is 5.91 Å². The summed E-state index contributed by atoms with van der Waals surface area (Å²) < 4.78 is 11.5. The lowest BCUT2D eigenvalue weighted by molar-refractivity contribution is 0.102. The first-order chi connectivity index (χ1) is 12.5. The molecule has 0 spiro atoms. The maximum atomic E-state index is 12.9. The Hall–Kier alpha value is -2.46. The predicted molar refractivity (Wildman–Crippen MR) is 105 cm³/mol. The number of anilines is 1. The fourth-order valence-electron chi connectivity index (χ4n) is 2.83. The third-order valence-corrected chi connectivity index (χ3v) is 4.75. The van der Waals surface area contributed by atoms with Gasteiger partial charge in [-0.15, -0.1) is 0 Å². The number of carbonyl (C=O) groups is 1. The van der Waals surface area contributed by atoms with E-state index in [0.717, 1.165) is 29.5 Å². The van der Waals surface area contributed by atoms with Gasteiger partial charge in [0.05, 0.1) is 12.2 Å². The molecule has 1 aromatic heterocycles. The van der Waals surface area contributed by atoms with Crippen LogP contribution in [0.15, 0.2) is 40.8 Å². The molecule has 0 bridgehead atoms. The van der Waals surface area contributed by atoms with Gasteiger partial charge in [0.1, 0.15) is 17.1 Å². The molecule has 0 saturated carbocycles. The van der Waals surface area contributed by atoms with Gasteiger partial charge in [-0.25, -0.2) is 0 Å². The lowest BCUT2D eigenvalue weighted by Gasteiger charge is -2.09. The Labute approximate surface area is 158 Å². The van der Waals surface area contributed by atoms with Crippen LogP contribution in [-0.4, -0.2) is 12.5 Å². The highest BCUT2D eigenvalue weighted by atomic mass is 35.5. The quantitative estimate of drug-likeness (QED) is 0.530. The molecule has 1 amide bonds. The second-order valence-electron chi connectivity index (χ2n) is 6.26. The number of amides is 1. The SMILES string of the molecule is CCCCOc1ccc2oc(C)c(C(=O)Nc3cccc(Cl)c3C)c2c1. The number of hydrogen-bond acceptors (Lipinski definition) is 3. The third kappa shape index (κ3) is 3.70. The summed E-state index contributed by atoms with van der Waals surface area (Å²) in [5.74, 6) is 1.08. The van der Waals surface area contributed by atoms with E-state index in [9.17, 15) is 4.79 Å². The molecule has 136 valence electrons. The zero-order chi connectivity index (χ0) is 18.7. The zero-order valence-electron chi connectivity index (χ0n) is 15.2. The van der Waals surface area contributed by atoms with E-state index in [1.807, 2.05) is 37.3 Å². The third-order valence-electron chi connectivity index (χ3n) is 4.35. The van der Waals surface area contributed by atoms with Crippen molar-refractivity contribution in [2.75, 3.05) is 11.9 Å². The minimum atomic E-state index is -0.225. The van der Waals surface area contributed by atoms with Gasteiger partial charge in [-0.2, -0.15) is 0 Å². The molecule has 3 aromatic rings. The fourth-order valence-corrected chi connectivity index (χ4v) is 3.01. The van der Waals surface area contributed by atoms with E-state index in [2.05, 4.69) is 12.2 Å². The van der Waals surface area contributed by atoms with Crippen LogP contribution in [-0.2, 0) is 0 Å². The number of halogens is 1. The highest BCUT2D eigenvalue weighted by molar-refractivity contribution is 6.31. The van der Waals surface area contributed by atoms with E-state index in [1.165, 1.54) is 0 Å². The summed E-state index contributed by atoms with van der Waals surface area (Å²) in [4.78, 5) is 12.9. The Morgan fingerprint density at radius 1 is 1.23 bits per heavy atom. The van der Waals surface area contributed by atoms with Crippen molar-refractivity contribution in [3.63, 3.8) is 0 Å². The van der Waals surface area contributed by atoms with Crippen molar-refractivity contribution in [1.29, 1.82) is 0 Å². The highest BCUT2D eigenvalue weighted by Gasteiger charge is 2.20. The van der Waals surface area contributed by atoms with Crippen molar-refractivity contribution >= 4 is 34.2 Å². The fraction of sp³-hybridized carbons (Fsp3) is 0.286. The summed E-state index contributed by atoms with van der Waals surface area (Å²) >= 11 is 6.14. The lowest BCUT2D eigenvalue weighted by Crippen LogP contribution is -2.13. The van der Waals surface area contributed by atoms with E-state index < -0.39 is 0 Å². The molecule has 0 unspecified atom stereocenters. The van der Waals surface area contributed by atoms with Crippen LogP contribution in [0.2, 0.25) is 5.02 Å². The largest absolute Gasteiger partial charge is 0.494 e. The van der Waals surface area contributed by atoms with Gasteiger partial charge >= 0.3 is 0 Å². The van der Waals surface area contributed by atoms with Crippen LogP contribution in [0.4, 0.5) is 5.69 Å². The van der Waals surface area contributed by atoms with E-state index in [0.29, 0.717) is 34.2 Å². The molecule has 1 N–H and O–H groups in total. The highest BCUT2D eigenvalue weighted by Crippen LogP contribution is 2.31. The monoisotopic (exact) mass is 371 g/mol. The summed E-state index contributed by atoms with van der Waals surface area (Å²) in [6, 6.07) is 11.0. The first kappa shape index (κ1) is 18.3. The Morgan fingerprint density at radius 3 is 2.81 bits per heavy atom. The van der Waals surface area contributed by atoms with E-state index in [-0.39, 0.29) is 5.91 Å². The molecular formula is C21H22ClNO3. The lowest BCUT2D eigenvalue weighted by atomic mass is 10.1. The number of benzene rings is 2. The van der Waals surface area contributed by atoms with Crippen LogP contribution >= 0.6 is 11.6 Å². The van der Waals surface area contributed by atoms with Gasteiger partial charge in [0, 0.05) is 16.1 Å².